The molecule has 2 heterocycles. The van der Waals surface area contributed by atoms with E-state index in [4.69, 9.17) is 0 Å². The van der Waals surface area contributed by atoms with E-state index in [0.29, 0.717) is 10.1 Å². The first-order chi connectivity index (χ1) is 12.1. The number of H-pyrrole nitrogens is 1. The second-order valence-corrected chi connectivity index (χ2v) is 6.69. The van der Waals surface area contributed by atoms with Crippen LogP contribution in [0.25, 0.3) is 32.3 Å². The van der Waals surface area contributed by atoms with Crippen molar-refractivity contribution in [1.82, 2.24) is 4.98 Å². The summed E-state index contributed by atoms with van der Waals surface area (Å²) in [6.45, 7) is 0. The van der Waals surface area contributed by atoms with Crippen LogP contribution in [0.15, 0.2) is 71.7 Å². The molecule has 25 heavy (non-hydrogen) atoms. The van der Waals surface area contributed by atoms with Crippen molar-refractivity contribution >= 4 is 27.4 Å². The van der Waals surface area contributed by atoms with Crippen LogP contribution < -0.4 is 5.56 Å². The Kier molecular flexibility index (Phi) is 3.71. The fourth-order valence-electron chi connectivity index (χ4n) is 2.88. The Morgan fingerprint density at radius 2 is 1.64 bits per heavy atom. The molecular weight excluding hydrogens is 334 g/mol. The number of carbonyl (C=O) groups is 1. The Bertz CT molecular complexity index is 1140. The summed E-state index contributed by atoms with van der Waals surface area (Å²) >= 11 is 0.998. The highest BCUT2D eigenvalue weighted by Gasteiger charge is 2.15. The molecule has 2 aromatic carbocycles. The quantitative estimate of drug-likeness (QED) is 0.568. The Morgan fingerprint density at radius 1 is 0.920 bits per heavy atom. The number of aromatic nitrogens is 1. The van der Waals surface area contributed by atoms with Crippen LogP contribution in [0.3, 0.4) is 0 Å². The van der Waals surface area contributed by atoms with Crippen LogP contribution >= 0.6 is 11.3 Å². The second-order valence-electron chi connectivity index (χ2n) is 5.64. The van der Waals surface area contributed by atoms with Crippen molar-refractivity contribution < 1.29 is 9.90 Å². The normalized spacial score (nSPS) is 10.9. The number of carboxylic acids is 1. The molecule has 5 heteroatoms. The van der Waals surface area contributed by atoms with Crippen LogP contribution in [-0.4, -0.2) is 16.1 Å². The predicted octanol–water partition coefficient (Wildman–Crippen LogP) is 4.62. The van der Waals surface area contributed by atoms with Crippen LogP contribution in [0.5, 0.6) is 0 Å². The van der Waals surface area contributed by atoms with E-state index in [0.717, 1.165) is 33.6 Å². The van der Waals surface area contributed by atoms with Crippen LogP contribution in [0.1, 0.15) is 9.67 Å². The highest BCUT2D eigenvalue weighted by molar-refractivity contribution is 7.20. The monoisotopic (exact) mass is 347 g/mol. The zero-order valence-electron chi connectivity index (χ0n) is 13.0. The molecule has 0 saturated heterocycles. The lowest BCUT2D eigenvalue weighted by molar-refractivity contribution is 0.0702. The molecule has 122 valence electrons. The van der Waals surface area contributed by atoms with Gasteiger partial charge in [0.2, 0.25) is 0 Å². The van der Waals surface area contributed by atoms with Crippen LogP contribution in [0.4, 0.5) is 0 Å². The Morgan fingerprint density at radius 3 is 2.40 bits per heavy atom. The molecule has 0 aliphatic carbocycles. The minimum Gasteiger partial charge on any atom is -0.477 e. The van der Waals surface area contributed by atoms with Gasteiger partial charge in [-0.2, -0.15) is 0 Å². The number of fused-ring (bicyclic) bond motifs is 1. The van der Waals surface area contributed by atoms with E-state index >= 15 is 0 Å². The number of aromatic carboxylic acids is 1. The molecule has 0 unspecified atom stereocenters. The topological polar surface area (TPSA) is 70.2 Å². The number of thiophene rings is 1. The van der Waals surface area contributed by atoms with Gasteiger partial charge in [-0.25, -0.2) is 4.79 Å². The van der Waals surface area contributed by atoms with Gasteiger partial charge in [-0.3, -0.25) is 4.79 Å². The molecule has 0 aliphatic heterocycles. The Labute approximate surface area is 147 Å². The lowest BCUT2D eigenvalue weighted by atomic mass is 9.98. The average molecular weight is 347 g/mol. The van der Waals surface area contributed by atoms with Crippen molar-refractivity contribution in [1.29, 1.82) is 0 Å². The summed E-state index contributed by atoms with van der Waals surface area (Å²) in [6, 6.07) is 19.6. The molecule has 4 aromatic rings. The summed E-state index contributed by atoms with van der Waals surface area (Å²) in [4.78, 5) is 26.2. The highest BCUT2D eigenvalue weighted by atomic mass is 32.1. The number of nitrogens with one attached hydrogen (secondary N) is 1. The van der Waals surface area contributed by atoms with Crippen molar-refractivity contribution in [2.45, 2.75) is 0 Å². The standard InChI is InChI=1S/C20H13NO3S/c22-19-18-15(10-17(25-18)20(23)24)16(11-21-19)14-8-4-7-13(9-14)12-5-2-1-3-6-12/h1-11H,(H,21,22)(H,23,24). The number of aromatic amines is 1. The fraction of sp³-hybridized carbons (Fsp3) is 0. The van der Waals surface area contributed by atoms with E-state index in [9.17, 15) is 14.7 Å². The minimum atomic E-state index is -1.02. The first-order valence-corrected chi connectivity index (χ1v) is 8.49. The molecule has 4 rings (SSSR count). The van der Waals surface area contributed by atoms with Gasteiger partial charge in [0.25, 0.3) is 5.56 Å². The minimum absolute atomic E-state index is 0.159. The van der Waals surface area contributed by atoms with Crippen molar-refractivity contribution in [2.24, 2.45) is 0 Å². The van der Waals surface area contributed by atoms with E-state index in [1.165, 1.54) is 0 Å². The van der Waals surface area contributed by atoms with Gasteiger partial charge in [0, 0.05) is 17.1 Å². The third-order valence-corrected chi connectivity index (χ3v) is 5.19. The average Bonchev–Trinajstić information content (AvgIpc) is 3.10. The van der Waals surface area contributed by atoms with E-state index in [2.05, 4.69) is 4.98 Å². The molecule has 0 bridgehead atoms. The molecule has 0 aliphatic rings. The Hall–Kier alpha value is -3.18. The lowest BCUT2D eigenvalue weighted by Gasteiger charge is -2.07. The predicted molar refractivity (Wildman–Crippen MR) is 100 cm³/mol. The molecule has 2 N–H and O–H groups in total. The summed E-state index contributed by atoms with van der Waals surface area (Å²) in [7, 11) is 0. The molecule has 0 spiro atoms. The summed E-state index contributed by atoms with van der Waals surface area (Å²) in [5, 5.41) is 9.89. The van der Waals surface area contributed by atoms with Crippen LogP contribution in [0, 0.1) is 0 Å². The van der Waals surface area contributed by atoms with E-state index in [1.807, 2.05) is 54.6 Å². The smallest absolute Gasteiger partial charge is 0.345 e. The van der Waals surface area contributed by atoms with Crippen LogP contribution in [-0.2, 0) is 0 Å². The number of carboxylic acid groups (broad SMARTS) is 1. The summed E-state index contributed by atoms with van der Waals surface area (Å²) in [5.41, 5.74) is 3.64. The third-order valence-electron chi connectivity index (χ3n) is 4.07. The van der Waals surface area contributed by atoms with Gasteiger partial charge in [0.1, 0.15) is 9.58 Å². The number of hydrogen-bond donors (Lipinski definition) is 2. The van der Waals surface area contributed by atoms with Crippen molar-refractivity contribution in [3.05, 3.63) is 82.1 Å². The molecule has 0 fully saturated rings. The fourth-order valence-corrected chi connectivity index (χ4v) is 3.80. The third kappa shape index (κ3) is 2.75. The Balaban J connectivity index is 1.92. The molecule has 0 saturated carbocycles. The van der Waals surface area contributed by atoms with Crippen molar-refractivity contribution in [3.8, 4) is 22.3 Å². The largest absolute Gasteiger partial charge is 0.477 e. The van der Waals surface area contributed by atoms with Gasteiger partial charge < -0.3 is 10.1 Å². The molecular formula is C20H13NO3S. The van der Waals surface area contributed by atoms with Gasteiger partial charge in [-0.1, -0.05) is 48.5 Å². The number of benzene rings is 2. The summed E-state index contributed by atoms with van der Waals surface area (Å²) in [5.74, 6) is -1.02. The maximum atomic E-state index is 12.0. The summed E-state index contributed by atoms with van der Waals surface area (Å²) in [6.07, 6.45) is 1.65. The maximum Gasteiger partial charge on any atom is 0.345 e. The highest BCUT2D eigenvalue weighted by Crippen LogP contribution is 2.33. The van der Waals surface area contributed by atoms with Gasteiger partial charge >= 0.3 is 5.97 Å². The molecule has 0 amide bonds. The molecule has 4 nitrogen and oxygen atoms in total. The van der Waals surface area contributed by atoms with E-state index in [1.54, 1.807) is 12.3 Å². The number of hydrogen-bond acceptors (Lipinski definition) is 3. The molecule has 0 radical (unpaired) electrons. The number of pyridine rings is 1. The van der Waals surface area contributed by atoms with Crippen LogP contribution in [0.2, 0.25) is 0 Å². The molecule has 0 atom stereocenters. The zero-order chi connectivity index (χ0) is 17.4. The number of rotatable bonds is 3. The first-order valence-electron chi connectivity index (χ1n) is 7.68. The summed E-state index contributed by atoms with van der Waals surface area (Å²) < 4.78 is 0.431. The van der Waals surface area contributed by atoms with Gasteiger partial charge in [-0.05, 0) is 28.8 Å². The first kappa shape index (κ1) is 15.4. The lowest BCUT2D eigenvalue weighted by Crippen LogP contribution is -2.03. The van der Waals surface area contributed by atoms with Crippen molar-refractivity contribution in [3.63, 3.8) is 0 Å². The van der Waals surface area contributed by atoms with E-state index < -0.39 is 5.97 Å². The van der Waals surface area contributed by atoms with Gasteiger partial charge in [0.05, 0.1) is 0 Å². The SMILES string of the molecule is O=C(O)c1cc2c(-c3cccc(-c4ccccc4)c3)c[nH]c(=O)c2s1. The zero-order valence-corrected chi connectivity index (χ0v) is 13.8. The van der Waals surface area contributed by atoms with Crippen molar-refractivity contribution in [2.75, 3.05) is 0 Å². The maximum absolute atomic E-state index is 12.0. The van der Waals surface area contributed by atoms with Gasteiger partial charge in [0.15, 0.2) is 0 Å². The molecule has 2 aromatic heterocycles. The second kappa shape index (κ2) is 6.03. The van der Waals surface area contributed by atoms with Gasteiger partial charge in [-0.15, -0.1) is 11.3 Å². The van der Waals surface area contributed by atoms with E-state index in [-0.39, 0.29) is 10.4 Å².